The lowest BCUT2D eigenvalue weighted by molar-refractivity contribution is 0.0695. The molecule has 0 saturated heterocycles. The molecule has 122 valence electrons. The zero-order chi connectivity index (χ0) is 17.0. The smallest absolute Gasteiger partial charge is 0.341 e. The quantitative estimate of drug-likeness (QED) is 0.851. The number of hydrogen-bond donors (Lipinski definition) is 2. The summed E-state index contributed by atoms with van der Waals surface area (Å²) in [6.45, 7) is 3.25. The SMILES string of the molecule is CC(C)c1c(F)c(N)c2c(=O)c(C(=O)O)cn(C3CC3)c2c1F. The number of pyridine rings is 1. The summed E-state index contributed by atoms with van der Waals surface area (Å²) < 4.78 is 30.8. The van der Waals surface area contributed by atoms with Gasteiger partial charge in [-0.1, -0.05) is 13.8 Å². The van der Waals surface area contributed by atoms with Crippen molar-refractivity contribution in [3.05, 3.63) is 39.2 Å². The number of fused-ring (bicyclic) bond motifs is 1. The molecule has 1 aliphatic rings. The summed E-state index contributed by atoms with van der Waals surface area (Å²) in [5.74, 6) is -3.75. The van der Waals surface area contributed by atoms with E-state index in [9.17, 15) is 23.5 Å². The number of halogens is 2. The highest BCUT2D eigenvalue weighted by molar-refractivity contribution is 5.98. The third kappa shape index (κ3) is 2.18. The van der Waals surface area contributed by atoms with Crippen LogP contribution in [0.4, 0.5) is 14.5 Å². The molecule has 1 aromatic heterocycles. The van der Waals surface area contributed by atoms with Gasteiger partial charge in [-0.25, -0.2) is 13.6 Å². The maximum atomic E-state index is 14.9. The fourth-order valence-corrected chi connectivity index (χ4v) is 2.89. The molecular formula is C16H16F2N2O3. The van der Waals surface area contributed by atoms with Crippen LogP contribution in [0.25, 0.3) is 10.9 Å². The molecule has 0 bridgehead atoms. The van der Waals surface area contributed by atoms with E-state index in [0.29, 0.717) is 0 Å². The van der Waals surface area contributed by atoms with Gasteiger partial charge in [0.2, 0.25) is 5.43 Å². The number of rotatable bonds is 3. The Labute approximate surface area is 130 Å². The second kappa shape index (κ2) is 5.04. The van der Waals surface area contributed by atoms with Gasteiger partial charge in [0.05, 0.1) is 16.6 Å². The molecule has 1 aromatic carbocycles. The van der Waals surface area contributed by atoms with E-state index in [2.05, 4.69) is 0 Å². The van der Waals surface area contributed by atoms with E-state index < -0.39 is 45.6 Å². The maximum absolute atomic E-state index is 14.9. The standard InChI is InChI=1S/C16H16F2N2O3/c1-6(2)9-11(17)13(19)10-14(12(9)18)20(7-3-4-7)5-8(15(10)21)16(22)23/h5-7H,3-4,19H2,1-2H3,(H,22,23). The van der Waals surface area contributed by atoms with Gasteiger partial charge in [-0.3, -0.25) is 4.79 Å². The zero-order valence-electron chi connectivity index (χ0n) is 12.7. The van der Waals surface area contributed by atoms with E-state index in [1.165, 1.54) is 4.57 Å². The molecule has 0 spiro atoms. The van der Waals surface area contributed by atoms with Crippen LogP contribution in [0.3, 0.4) is 0 Å². The molecular weight excluding hydrogens is 306 g/mol. The number of carboxylic acid groups (broad SMARTS) is 1. The number of nitrogens with zero attached hydrogens (tertiary/aromatic N) is 1. The number of anilines is 1. The molecule has 3 rings (SSSR count). The predicted molar refractivity (Wildman–Crippen MR) is 81.9 cm³/mol. The average molecular weight is 322 g/mol. The normalized spacial score (nSPS) is 14.7. The van der Waals surface area contributed by atoms with E-state index >= 15 is 0 Å². The molecule has 5 nitrogen and oxygen atoms in total. The first-order valence-electron chi connectivity index (χ1n) is 7.34. The summed E-state index contributed by atoms with van der Waals surface area (Å²) in [6, 6.07) is -0.101. The number of carboxylic acids is 1. The monoisotopic (exact) mass is 322 g/mol. The molecule has 0 unspecified atom stereocenters. The van der Waals surface area contributed by atoms with Gasteiger partial charge in [0.15, 0.2) is 11.6 Å². The van der Waals surface area contributed by atoms with E-state index in [1.54, 1.807) is 13.8 Å². The Kier molecular flexibility index (Phi) is 3.39. The van der Waals surface area contributed by atoms with Crippen LogP contribution >= 0.6 is 0 Å². The molecule has 1 heterocycles. The summed E-state index contributed by atoms with van der Waals surface area (Å²) >= 11 is 0. The molecule has 0 aliphatic heterocycles. The molecule has 7 heteroatoms. The highest BCUT2D eigenvalue weighted by atomic mass is 19.1. The van der Waals surface area contributed by atoms with Crippen LogP contribution in [-0.2, 0) is 0 Å². The fourth-order valence-electron chi connectivity index (χ4n) is 2.89. The third-order valence-electron chi connectivity index (χ3n) is 4.17. The van der Waals surface area contributed by atoms with E-state index in [0.717, 1.165) is 19.0 Å². The molecule has 23 heavy (non-hydrogen) atoms. The van der Waals surface area contributed by atoms with Crippen molar-refractivity contribution in [2.24, 2.45) is 0 Å². The highest BCUT2D eigenvalue weighted by Crippen LogP contribution is 2.40. The minimum Gasteiger partial charge on any atom is -0.477 e. The lowest BCUT2D eigenvalue weighted by atomic mass is 9.97. The van der Waals surface area contributed by atoms with Gasteiger partial charge in [0, 0.05) is 17.8 Å². The first-order valence-corrected chi connectivity index (χ1v) is 7.34. The predicted octanol–water partition coefficient (Wildman–Crippen LogP) is 3.02. The first-order chi connectivity index (χ1) is 10.8. The van der Waals surface area contributed by atoms with Gasteiger partial charge in [0.25, 0.3) is 0 Å². The van der Waals surface area contributed by atoms with E-state index in [1.807, 2.05) is 0 Å². The number of nitrogen functional groups attached to an aromatic ring is 1. The topological polar surface area (TPSA) is 85.3 Å². The molecule has 0 atom stereocenters. The summed E-state index contributed by atoms with van der Waals surface area (Å²) in [6.07, 6.45) is 2.62. The molecule has 1 fully saturated rings. The zero-order valence-corrected chi connectivity index (χ0v) is 12.7. The number of carbonyl (C=O) groups is 1. The second-order valence-corrected chi connectivity index (χ2v) is 6.15. The summed E-state index contributed by atoms with van der Waals surface area (Å²) in [7, 11) is 0. The Morgan fingerprint density at radius 1 is 1.35 bits per heavy atom. The van der Waals surface area contributed by atoms with Crippen molar-refractivity contribution in [3.63, 3.8) is 0 Å². The Morgan fingerprint density at radius 2 is 1.96 bits per heavy atom. The minimum atomic E-state index is -1.44. The second-order valence-electron chi connectivity index (χ2n) is 6.15. The highest BCUT2D eigenvalue weighted by Gasteiger charge is 2.31. The van der Waals surface area contributed by atoms with Crippen molar-refractivity contribution in [1.29, 1.82) is 0 Å². The van der Waals surface area contributed by atoms with Crippen LogP contribution in [0.5, 0.6) is 0 Å². The van der Waals surface area contributed by atoms with Crippen LogP contribution in [0.2, 0.25) is 0 Å². The van der Waals surface area contributed by atoms with Gasteiger partial charge in [-0.15, -0.1) is 0 Å². The van der Waals surface area contributed by atoms with Crippen molar-refractivity contribution in [2.45, 2.75) is 38.6 Å². The maximum Gasteiger partial charge on any atom is 0.341 e. The van der Waals surface area contributed by atoms with Crippen molar-refractivity contribution in [2.75, 3.05) is 5.73 Å². The number of aromatic carboxylic acids is 1. The van der Waals surface area contributed by atoms with Crippen molar-refractivity contribution < 1.29 is 18.7 Å². The van der Waals surface area contributed by atoms with Crippen LogP contribution < -0.4 is 11.2 Å². The first kappa shape index (κ1) is 15.5. The summed E-state index contributed by atoms with van der Waals surface area (Å²) in [4.78, 5) is 23.6. The number of hydrogen-bond acceptors (Lipinski definition) is 3. The van der Waals surface area contributed by atoms with Crippen molar-refractivity contribution in [3.8, 4) is 0 Å². The Balaban J connectivity index is 2.57. The molecule has 0 amide bonds. The van der Waals surface area contributed by atoms with Gasteiger partial charge < -0.3 is 15.4 Å². The van der Waals surface area contributed by atoms with Crippen molar-refractivity contribution >= 4 is 22.6 Å². The largest absolute Gasteiger partial charge is 0.477 e. The fraction of sp³-hybridized carbons (Fsp3) is 0.375. The molecule has 3 N–H and O–H groups in total. The Hall–Kier alpha value is -2.44. The average Bonchev–Trinajstić information content (AvgIpc) is 3.28. The van der Waals surface area contributed by atoms with Crippen LogP contribution in [0.15, 0.2) is 11.0 Å². The molecule has 1 saturated carbocycles. The lowest BCUT2D eigenvalue weighted by Crippen LogP contribution is -2.22. The van der Waals surface area contributed by atoms with Gasteiger partial charge in [-0.05, 0) is 18.8 Å². The summed E-state index contributed by atoms with van der Waals surface area (Å²) in [5, 5.41) is 8.79. The lowest BCUT2D eigenvalue weighted by Gasteiger charge is -2.18. The van der Waals surface area contributed by atoms with Gasteiger partial charge >= 0.3 is 5.97 Å². The third-order valence-corrected chi connectivity index (χ3v) is 4.17. The Morgan fingerprint density at radius 3 is 2.43 bits per heavy atom. The molecule has 1 aliphatic carbocycles. The molecule has 2 aromatic rings. The number of benzene rings is 1. The number of aromatic nitrogens is 1. The van der Waals surface area contributed by atoms with Gasteiger partial charge in [-0.2, -0.15) is 0 Å². The summed E-state index contributed by atoms with van der Waals surface area (Å²) in [5.41, 5.74) is 3.45. The minimum absolute atomic E-state index is 0.101. The van der Waals surface area contributed by atoms with Crippen LogP contribution in [-0.4, -0.2) is 15.6 Å². The van der Waals surface area contributed by atoms with E-state index in [-0.39, 0.29) is 17.1 Å². The molecule has 0 radical (unpaired) electrons. The van der Waals surface area contributed by atoms with Gasteiger partial charge in [0.1, 0.15) is 5.56 Å². The van der Waals surface area contributed by atoms with Crippen molar-refractivity contribution in [1.82, 2.24) is 4.57 Å². The van der Waals surface area contributed by atoms with Crippen LogP contribution in [0, 0.1) is 11.6 Å². The van der Waals surface area contributed by atoms with Crippen LogP contribution in [0.1, 0.15) is 54.6 Å². The van der Waals surface area contributed by atoms with E-state index in [4.69, 9.17) is 5.73 Å². The Bertz CT molecular complexity index is 899. The number of nitrogens with two attached hydrogens (primary N) is 1.